The third-order valence-electron chi connectivity index (χ3n) is 3.05. The molecule has 1 heteroatoms. The highest BCUT2D eigenvalue weighted by Crippen LogP contribution is 2.44. The summed E-state index contributed by atoms with van der Waals surface area (Å²) in [4.78, 5) is 0. The number of allylic oxidation sites excluding steroid dienone is 2. The van der Waals surface area contributed by atoms with Crippen LogP contribution in [0.5, 0.6) is 0 Å². The van der Waals surface area contributed by atoms with Gasteiger partial charge in [-0.15, -0.1) is 0 Å². The lowest BCUT2D eigenvalue weighted by molar-refractivity contribution is 0.260. The normalized spacial score (nSPS) is 33.2. The van der Waals surface area contributed by atoms with Crippen molar-refractivity contribution in [1.82, 2.24) is 0 Å². The van der Waals surface area contributed by atoms with E-state index < -0.39 is 0 Å². The Morgan fingerprint density at radius 3 is 2.42 bits per heavy atom. The molecular formula is C11H20O. The molecule has 0 spiro atoms. The van der Waals surface area contributed by atoms with Gasteiger partial charge >= 0.3 is 0 Å². The van der Waals surface area contributed by atoms with E-state index in [-0.39, 0.29) is 5.41 Å². The van der Waals surface area contributed by atoms with Crippen LogP contribution in [-0.2, 0) is 0 Å². The van der Waals surface area contributed by atoms with Gasteiger partial charge in [0.05, 0.1) is 5.76 Å². The quantitative estimate of drug-likeness (QED) is 0.547. The van der Waals surface area contributed by atoms with Crippen LogP contribution in [-0.4, -0.2) is 5.11 Å². The van der Waals surface area contributed by atoms with E-state index >= 15 is 0 Å². The van der Waals surface area contributed by atoms with Crippen LogP contribution in [0.2, 0.25) is 0 Å². The molecule has 12 heavy (non-hydrogen) atoms. The van der Waals surface area contributed by atoms with E-state index in [1.807, 2.05) is 6.92 Å². The van der Waals surface area contributed by atoms with Gasteiger partial charge in [-0.1, -0.05) is 27.2 Å². The van der Waals surface area contributed by atoms with Gasteiger partial charge in [0.1, 0.15) is 0 Å². The molecular weight excluding hydrogens is 148 g/mol. The highest BCUT2D eigenvalue weighted by molar-refractivity contribution is 5.19. The smallest absolute Gasteiger partial charge is 0.0891 e. The Labute approximate surface area is 75.5 Å². The summed E-state index contributed by atoms with van der Waals surface area (Å²) in [5, 5.41) is 9.56. The average Bonchev–Trinajstić information content (AvgIpc) is 1.82. The van der Waals surface area contributed by atoms with Crippen LogP contribution < -0.4 is 0 Å². The minimum Gasteiger partial charge on any atom is -0.513 e. The second-order valence-electron chi connectivity index (χ2n) is 4.68. The van der Waals surface area contributed by atoms with Gasteiger partial charge in [0.15, 0.2) is 0 Å². The number of aliphatic hydroxyl groups excluding tert-OH is 1. The number of aliphatic hydroxyl groups is 1. The third kappa shape index (κ3) is 1.65. The summed E-state index contributed by atoms with van der Waals surface area (Å²) < 4.78 is 0. The predicted molar refractivity (Wildman–Crippen MR) is 52.1 cm³/mol. The van der Waals surface area contributed by atoms with Gasteiger partial charge in [0.2, 0.25) is 0 Å². The Morgan fingerprint density at radius 2 is 2.08 bits per heavy atom. The zero-order valence-corrected chi connectivity index (χ0v) is 8.65. The molecule has 0 aromatic heterocycles. The van der Waals surface area contributed by atoms with E-state index in [2.05, 4.69) is 20.8 Å². The van der Waals surface area contributed by atoms with Crippen molar-refractivity contribution in [3.05, 3.63) is 11.3 Å². The summed E-state index contributed by atoms with van der Waals surface area (Å²) in [5.41, 5.74) is 1.49. The average molecular weight is 168 g/mol. The molecule has 0 saturated heterocycles. The standard InChI is InChI=1S/C11H20O/c1-8-6-5-7-11(3,4)10(8)9(2)12/h8,12H,5-7H2,1-4H3/b10-9-. The van der Waals surface area contributed by atoms with Crippen LogP contribution >= 0.6 is 0 Å². The molecule has 0 amide bonds. The number of rotatable bonds is 0. The molecule has 1 unspecified atom stereocenters. The molecule has 1 fully saturated rings. The van der Waals surface area contributed by atoms with Crippen molar-refractivity contribution in [2.45, 2.75) is 47.0 Å². The first kappa shape index (κ1) is 9.63. The fraction of sp³-hybridized carbons (Fsp3) is 0.818. The number of hydrogen-bond donors (Lipinski definition) is 1. The first-order valence-corrected chi connectivity index (χ1v) is 4.85. The van der Waals surface area contributed by atoms with Gasteiger partial charge in [-0.2, -0.15) is 0 Å². The van der Waals surface area contributed by atoms with Crippen molar-refractivity contribution in [2.24, 2.45) is 11.3 Å². The third-order valence-corrected chi connectivity index (χ3v) is 3.05. The van der Waals surface area contributed by atoms with E-state index in [1.54, 1.807) is 0 Å². The van der Waals surface area contributed by atoms with Crippen molar-refractivity contribution in [2.75, 3.05) is 0 Å². The highest BCUT2D eigenvalue weighted by atomic mass is 16.3. The lowest BCUT2D eigenvalue weighted by Gasteiger charge is -2.37. The van der Waals surface area contributed by atoms with Crippen molar-refractivity contribution < 1.29 is 5.11 Å². The summed E-state index contributed by atoms with van der Waals surface area (Å²) in [6.07, 6.45) is 3.74. The fourth-order valence-electron chi connectivity index (χ4n) is 2.64. The van der Waals surface area contributed by atoms with Crippen LogP contribution in [0.15, 0.2) is 11.3 Å². The maximum absolute atomic E-state index is 9.56. The lowest BCUT2D eigenvalue weighted by atomic mass is 9.68. The second kappa shape index (κ2) is 3.12. The molecule has 1 aliphatic carbocycles. The zero-order chi connectivity index (χ0) is 9.35. The van der Waals surface area contributed by atoms with E-state index in [1.165, 1.54) is 24.8 Å². The largest absolute Gasteiger partial charge is 0.513 e. The van der Waals surface area contributed by atoms with Crippen LogP contribution in [0.4, 0.5) is 0 Å². The topological polar surface area (TPSA) is 20.2 Å². The molecule has 1 saturated carbocycles. The molecule has 0 radical (unpaired) electrons. The number of hydrogen-bond acceptors (Lipinski definition) is 1. The van der Waals surface area contributed by atoms with Gasteiger partial charge in [-0.25, -0.2) is 0 Å². The molecule has 0 aliphatic heterocycles. The first-order chi connectivity index (χ1) is 5.45. The molecule has 0 heterocycles. The minimum atomic E-state index is 0.219. The minimum absolute atomic E-state index is 0.219. The van der Waals surface area contributed by atoms with E-state index in [0.29, 0.717) is 11.7 Å². The maximum Gasteiger partial charge on any atom is 0.0891 e. The van der Waals surface area contributed by atoms with Gasteiger partial charge < -0.3 is 5.11 Å². The molecule has 1 rings (SSSR count). The Morgan fingerprint density at radius 1 is 1.50 bits per heavy atom. The van der Waals surface area contributed by atoms with Crippen molar-refractivity contribution in [3.8, 4) is 0 Å². The summed E-state index contributed by atoms with van der Waals surface area (Å²) in [6.45, 7) is 8.50. The van der Waals surface area contributed by atoms with Crippen LogP contribution in [0, 0.1) is 11.3 Å². The van der Waals surface area contributed by atoms with Gasteiger partial charge in [-0.05, 0) is 36.7 Å². The van der Waals surface area contributed by atoms with Gasteiger partial charge in [0, 0.05) is 0 Å². The fourth-order valence-corrected chi connectivity index (χ4v) is 2.64. The summed E-state index contributed by atoms with van der Waals surface area (Å²) in [6, 6.07) is 0. The Balaban J connectivity index is 2.97. The Bertz CT molecular complexity index is 197. The zero-order valence-electron chi connectivity index (χ0n) is 8.65. The molecule has 0 bridgehead atoms. The van der Waals surface area contributed by atoms with Crippen LogP contribution in [0.1, 0.15) is 47.0 Å². The predicted octanol–water partition coefficient (Wildman–Crippen LogP) is 3.66. The molecule has 1 nitrogen and oxygen atoms in total. The highest BCUT2D eigenvalue weighted by Gasteiger charge is 2.32. The Kier molecular flexibility index (Phi) is 2.50. The SMILES string of the molecule is C/C(O)=C1\C(C)CCCC1(C)C. The van der Waals surface area contributed by atoms with E-state index in [4.69, 9.17) is 0 Å². The molecule has 1 N–H and O–H groups in total. The lowest BCUT2D eigenvalue weighted by Crippen LogP contribution is -2.26. The molecule has 0 aromatic carbocycles. The summed E-state index contributed by atoms with van der Waals surface area (Å²) >= 11 is 0. The first-order valence-electron chi connectivity index (χ1n) is 4.85. The van der Waals surface area contributed by atoms with Crippen LogP contribution in [0.25, 0.3) is 0 Å². The van der Waals surface area contributed by atoms with Crippen molar-refractivity contribution in [1.29, 1.82) is 0 Å². The molecule has 1 atom stereocenters. The summed E-state index contributed by atoms with van der Waals surface area (Å²) in [7, 11) is 0. The maximum atomic E-state index is 9.56. The summed E-state index contributed by atoms with van der Waals surface area (Å²) in [5.74, 6) is 1.12. The second-order valence-corrected chi connectivity index (χ2v) is 4.68. The van der Waals surface area contributed by atoms with Gasteiger partial charge in [-0.3, -0.25) is 0 Å². The van der Waals surface area contributed by atoms with Crippen molar-refractivity contribution >= 4 is 0 Å². The van der Waals surface area contributed by atoms with Gasteiger partial charge in [0.25, 0.3) is 0 Å². The van der Waals surface area contributed by atoms with E-state index in [0.717, 1.165) is 0 Å². The van der Waals surface area contributed by atoms with Crippen LogP contribution in [0.3, 0.4) is 0 Å². The van der Waals surface area contributed by atoms with E-state index in [9.17, 15) is 5.11 Å². The monoisotopic (exact) mass is 168 g/mol. The Hall–Kier alpha value is -0.460. The molecule has 70 valence electrons. The van der Waals surface area contributed by atoms with Crippen molar-refractivity contribution in [3.63, 3.8) is 0 Å². The molecule has 0 aromatic rings. The molecule has 1 aliphatic rings.